The van der Waals surface area contributed by atoms with Gasteiger partial charge in [0.1, 0.15) is 0 Å². The van der Waals surface area contributed by atoms with Gasteiger partial charge in [-0.15, -0.1) is 0 Å². The largest absolute Gasteiger partial charge is 0.379 e. The number of rotatable bonds is 3. The van der Waals surface area contributed by atoms with Crippen LogP contribution < -0.4 is 0 Å². The highest BCUT2D eigenvalue weighted by Gasteiger charge is 2.42. The molecule has 4 rings (SSSR count). The van der Waals surface area contributed by atoms with Gasteiger partial charge in [0.2, 0.25) is 0 Å². The quantitative estimate of drug-likeness (QED) is 0.806. The second-order valence-electron chi connectivity index (χ2n) is 7.27. The van der Waals surface area contributed by atoms with Crippen LogP contribution in [-0.4, -0.2) is 55.1 Å². The lowest BCUT2D eigenvalue weighted by molar-refractivity contribution is -0.0482. The number of hydrogen-bond acceptors (Lipinski definition) is 3. The van der Waals surface area contributed by atoms with Crippen LogP contribution in [0, 0.1) is 0 Å². The zero-order chi connectivity index (χ0) is 18.7. The number of nitrogens with zero attached hydrogens (tertiary/aromatic N) is 2. The van der Waals surface area contributed by atoms with Gasteiger partial charge in [0.05, 0.1) is 23.8 Å². The number of carbonyl (C=O) groups excluding carboxylic acids is 1. The highest BCUT2D eigenvalue weighted by Crippen LogP contribution is 2.39. The van der Waals surface area contributed by atoms with Crippen LogP contribution >= 0.6 is 11.6 Å². The standard InChI is InChI=1S/C22H25ClN2O2/c23-20-9-5-4-8-19(20)21(26)24-12-10-22(11-13-24,18-6-2-1-3-7-18)25-14-16-27-17-15-25/h1-9H,10-17H2. The van der Waals surface area contributed by atoms with Crippen molar-refractivity contribution in [1.82, 2.24) is 9.80 Å². The van der Waals surface area contributed by atoms with Crippen molar-refractivity contribution in [2.75, 3.05) is 39.4 Å². The van der Waals surface area contributed by atoms with Crippen LogP contribution in [0.2, 0.25) is 5.02 Å². The van der Waals surface area contributed by atoms with Gasteiger partial charge in [0.15, 0.2) is 0 Å². The zero-order valence-electron chi connectivity index (χ0n) is 15.4. The van der Waals surface area contributed by atoms with E-state index in [1.165, 1.54) is 5.56 Å². The maximum Gasteiger partial charge on any atom is 0.255 e. The van der Waals surface area contributed by atoms with E-state index in [4.69, 9.17) is 16.3 Å². The molecule has 0 atom stereocenters. The minimum Gasteiger partial charge on any atom is -0.379 e. The van der Waals surface area contributed by atoms with Crippen molar-refractivity contribution in [3.8, 4) is 0 Å². The minimum atomic E-state index is -0.0255. The molecule has 0 N–H and O–H groups in total. The molecule has 142 valence electrons. The molecule has 0 aliphatic carbocycles. The lowest BCUT2D eigenvalue weighted by Crippen LogP contribution is -2.57. The molecular formula is C22H25ClN2O2. The first-order chi connectivity index (χ1) is 13.2. The molecule has 2 fully saturated rings. The van der Waals surface area contributed by atoms with Crippen molar-refractivity contribution in [2.24, 2.45) is 0 Å². The first-order valence-corrected chi connectivity index (χ1v) is 10.0. The lowest BCUT2D eigenvalue weighted by atomic mass is 9.79. The van der Waals surface area contributed by atoms with Gasteiger partial charge in [0, 0.05) is 31.7 Å². The van der Waals surface area contributed by atoms with E-state index in [1.54, 1.807) is 6.07 Å². The number of likely N-dealkylation sites (tertiary alicyclic amines) is 1. The lowest BCUT2D eigenvalue weighted by Gasteiger charge is -2.50. The van der Waals surface area contributed by atoms with Gasteiger partial charge in [-0.3, -0.25) is 9.69 Å². The van der Waals surface area contributed by atoms with Gasteiger partial charge in [-0.25, -0.2) is 0 Å². The number of morpholine rings is 1. The molecule has 2 aromatic rings. The summed E-state index contributed by atoms with van der Waals surface area (Å²) in [4.78, 5) is 17.5. The molecule has 0 radical (unpaired) electrons. The van der Waals surface area contributed by atoms with Gasteiger partial charge in [0.25, 0.3) is 5.91 Å². The molecular weight excluding hydrogens is 360 g/mol. The van der Waals surface area contributed by atoms with Gasteiger partial charge < -0.3 is 9.64 Å². The van der Waals surface area contributed by atoms with Gasteiger partial charge in [-0.1, -0.05) is 54.1 Å². The molecule has 0 aromatic heterocycles. The summed E-state index contributed by atoms with van der Waals surface area (Å²) in [5.41, 5.74) is 1.91. The summed E-state index contributed by atoms with van der Waals surface area (Å²) in [6.45, 7) is 4.89. The Morgan fingerprint density at radius 2 is 1.52 bits per heavy atom. The summed E-state index contributed by atoms with van der Waals surface area (Å²) < 4.78 is 5.58. The molecule has 4 nitrogen and oxygen atoms in total. The molecule has 0 bridgehead atoms. The highest BCUT2D eigenvalue weighted by atomic mass is 35.5. The van der Waals surface area contributed by atoms with Crippen molar-refractivity contribution in [3.05, 3.63) is 70.7 Å². The molecule has 2 aliphatic rings. The van der Waals surface area contributed by atoms with Gasteiger partial charge in [-0.05, 0) is 30.5 Å². The van der Waals surface area contributed by atoms with Crippen LogP contribution in [0.5, 0.6) is 0 Å². The van der Waals surface area contributed by atoms with E-state index >= 15 is 0 Å². The van der Waals surface area contributed by atoms with E-state index < -0.39 is 0 Å². The molecule has 27 heavy (non-hydrogen) atoms. The van der Waals surface area contributed by atoms with E-state index in [9.17, 15) is 4.79 Å². The average Bonchev–Trinajstić information content (AvgIpc) is 2.75. The van der Waals surface area contributed by atoms with Crippen LogP contribution in [0.3, 0.4) is 0 Å². The molecule has 2 saturated heterocycles. The number of ether oxygens (including phenoxy) is 1. The Bertz CT molecular complexity index is 782. The van der Waals surface area contributed by atoms with Crippen molar-refractivity contribution in [1.29, 1.82) is 0 Å². The van der Waals surface area contributed by atoms with Gasteiger partial charge >= 0.3 is 0 Å². The number of carbonyl (C=O) groups is 1. The van der Waals surface area contributed by atoms with Crippen LogP contribution in [0.25, 0.3) is 0 Å². The second-order valence-corrected chi connectivity index (χ2v) is 7.68. The van der Waals surface area contributed by atoms with Crippen molar-refractivity contribution < 1.29 is 9.53 Å². The SMILES string of the molecule is O=C(c1ccccc1Cl)N1CCC(c2ccccc2)(N2CCOCC2)CC1. The maximum absolute atomic E-state index is 13.0. The van der Waals surface area contributed by atoms with Crippen LogP contribution in [0.15, 0.2) is 54.6 Å². The summed E-state index contributed by atoms with van der Waals surface area (Å²) >= 11 is 6.24. The fourth-order valence-corrected chi connectivity index (χ4v) is 4.63. The normalized spacial score (nSPS) is 20.4. The van der Waals surface area contributed by atoms with E-state index in [2.05, 4.69) is 35.2 Å². The average molecular weight is 385 g/mol. The number of benzene rings is 2. The molecule has 2 aromatic carbocycles. The zero-order valence-corrected chi connectivity index (χ0v) is 16.2. The van der Waals surface area contributed by atoms with Crippen molar-refractivity contribution in [3.63, 3.8) is 0 Å². The minimum absolute atomic E-state index is 0.0255. The third-order valence-corrected chi connectivity index (χ3v) is 6.24. The number of halogens is 1. The molecule has 5 heteroatoms. The number of amides is 1. The Hall–Kier alpha value is -1.88. The maximum atomic E-state index is 13.0. The van der Waals surface area contributed by atoms with Crippen molar-refractivity contribution in [2.45, 2.75) is 18.4 Å². The Labute approximate surface area is 165 Å². The third kappa shape index (κ3) is 3.62. The number of hydrogen-bond donors (Lipinski definition) is 0. The first kappa shape index (κ1) is 18.5. The van der Waals surface area contributed by atoms with Crippen LogP contribution in [0.1, 0.15) is 28.8 Å². The Kier molecular flexibility index (Phi) is 5.48. The molecule has 2 heterocycles. The summed E-state index contributed by atoms with van der Waals surface area (Å²) in [6, 6.07) is 18.0. The Morgan fingerprint density at radius 3 is 2.19 bits per heavy atom. The first-order valence-electron chi connectivity index (χ1n) is 9.63. The predicted octanol–water partition coefficient (Wildman–Crippen LogP) is 3.80. The highest BCUT2D eigenvalue weighted by molar-refractivity contribution is 6.33. The fraction of sp³-hybridized carbons (Fsp3) is 0.409. The van der Waals surface area contributed by atoms with Crippen LogP contribution in [-0.2, 0) is 10.3 Å². The second kappa shape index (κ2) is 8.01. The van der Waals surface area contributed by atoms with E-state index in [0.29, 0.717) is 10.6 Å². The molecule has 2 aliphatic heterocycles. The number of piperidine rings is 1. The Balaban J connectivity index is 1.56. The van der Waals surface area contributed by atoms with E-state index in [0.717, 1.165) is 52.2 Å². The monoisotopic (exact) mass is 384 g/mol. The summed E-state index contributed by atoms with van der Waals surface area (Å²) in [5, 5.41) is 0.524. The predicted molar refractivity (Wildman–Crippen MR) is 107 cm³/mol. The van der Waals surface area contributed by atoms with Crippen LogP contribution in [0.4, 0.5) is 0 Å². The van der Waals surface area contributed by atoms with Gasteiger partial charge in [-0.2, -0.15) is 0 Å². The van der Waals surface area contributed by atoms with Crippen molar-refractivity contribution >= 4 is 17.5 Å². The smallest absolute Gasteiger partial charge is 0.255 e. The molecule has 0 spiro atoms. The third-order valence-electron chi connectivity index (χ3n) is 5.91. The van der Waals surface area contributed by atoms with E-state index in [1.807, 2.05) is 23.1 Å². The molecule has 0 unspecified atom stereocenters. The summed E-state index contributed by atoms with van der Waals surface area (Å²) in [6.07, 6.45) is 1.85. The van der Waals surface area contributed by atoms with E-state index in [-0.39, 0.29) is 11.4 Å². The molecule has 0 saturated carbocycles. The summed E-state index contributed by atoms with van der Waals surface area (Å²) in [5.74, 6) is 0.0317. The Morgan fingerprint density at radius 1 is 0.889 bits per heavy atom. The topological polar surface area (TPSA) is 32.8 Å². The summed E-state index contributed by atoms with van der Waals surface area (Å²) in [7, 11) is 0. The fourth-order valence-electron chi connectivity index (χ4n) is 4.41. The molecule has 1 amide bonds.